The molecule has 1 atom stereocenters. The molecular formula is C17H22Cl2N2O3. The first kappa shape index (κ1) is 20.7. The van der Waals surface area contributed by atoms with Crippen LogP contribution in [-0.4, -0.2) is 25.8 Å². The van der Waals surface area contributed by atoms with Gasteiger partial charge < -0.3 is 15.2 Å². The van der Waals surface area contributed by atoms with E-state index in [4.69, 9.17) is 26.8 Å². The third-order valence-electron chi connectivity index (χ3n) is 4.15. The van der Waals surface area contributed by atoms with Gasteiger partial charge in [0.1, 0.15) is 0 Å². The molecule has 2 rings (SSSR count). The van der Waals surface area contributed by atoms with E-state index in [-0.39, 0.29) is 24.8 Å². The minimum atomic E-state index is -0.610. The van der Waals surface area contributed by atoms with E-state index < -0.39 is 11.5 Å². The molecule has 1 saturated heterocycles. The second-order valence-electron chi connectivity index (χ2n) is 5.70. The standard InChI is InChI=1S/C17H21ClN2O3.ClH/c1-2-23-16(21)10-15(20)12-7-13(9-14(18)8-12)17(11-19)3-5-22-6-4-17;/h7-9,15H,2-6,10,20H2,1H3;1H/t15-;/m0./s1. The molecule has 7 heteroatoms. The molecule has 0 spiro atoms. The van der Waals surface area contributed by atoms with E-state index in [1.165, 1.54) is 0 Å². The number of ether oxygens (including phenoxy) is 2. The smallest absolute Gasteiger partial charge is 0.307 e. The predicted octanol–water partition coefficient (Wildman–Crippen LogP) is 3.29. The summed E-state index contributed by atoms with van der Waals surface area (Å²) in [7, 11) is 0. The monoisotopic (exact) mass is 372 g/mol. The molecule has 132 valence electrons. The Morgan fingerprint density at radius 2 is 2.12 bits per heavy atom. The van der Waals surface area contributed by atoms with Crippen molar-refractivity contribution < 1.29 is 14.3 Å². The summed E-state index contributed by atoms with van der Waals surface area (Å²) in [5.74, 6) is -0.345. The lowest BCUT2D eigenvalue weighted by Gasteiger charge is -2.31. The Hall–Kier alpha value is -1.32. The van der Waals surface area contributed by atoms with Crippen molar-refractivity contribution in [2.75, 3.05) is 19.8 Å². The highest BCUT2D eigenvalue weighted by molar-refractivity contribution is 6.30. The SMILES string of the molecule is CCOC(=O)C[C@H](N)c1cc(Cl)cc(C2(C#N)CCOCC2)c1.Cl. The molecule has 1 aromatic carbocycles. The number of carbonyl (C=O) groups is 1. The van der Waals surface area contributed by atoms with Gasteiger partial charge in [0, 0.05) is 24.3 Å². The number of carbonyl (C=O) groups excluding carboxylic acids is 1. The van der Waals surface area contributed by atoms with Gasteiger partial charge in [-0.3, -0.25) is 4.79 Å². The second kappa shape index (κ2) is 9.24. The first-order chi connectivity index (χ1) is 11.0. The average Bonchev–Trinajstić information content (AvgIpc) is 2.55. The van der Waals surface area contributed by atoms with E-state index in [1.807, 2.05) is 6.07 Å². The molecule has 1 aliphatic rings. The van der Waals surface area contributed by atoms with Gasteiger partial charge in [0.25, 0.3) is 0 Å². The van der Waals surface area contributed by atoms with Crippen LogP contribution >= 0.6 is 24.0 Å². The van der Waals surface area contributed by atoms with Gasteiger partial charge >= 0.3 is 5.97 Å². The lowest BCUT2D eigenvalue weighted by molar-refractivity contribution is -0.143. The molecule has 5 nitrogen and oxygen atoms in total. The topological polar surface area (TPSA) is 85.3 Å². The van der Waals surface area contributed by atoms with Gasteiger partial charge in [-0.25, -0.2) is 0 Å². The van der Waals surface area contributed by atoms with Gasteiger partial charge in [0.05, 0.1) is 24.5 Å². The molecule has 1 fully saturated rings. The molecule has 24 heavy (non-hydrogen) atoms. The van der Waals surface area contributed by atoms with Crippen LogP contribution in [0.1, 0.15) is 43.4 Å². The number of esters is 1. The number of nitrogens with two attached hydrogens (primary N) is 1. The fourth-order valence-corrected chi connectivity index (χ4v) is 3.05. The van der Waals surface area contributed by atoms with Gasteiger partial charge in [0.2, 0.25) is 0 Å². The minimum absolute atomic E-state index is 0. The zero-order valence-corrected chi connectivity index (χ0v) is 15.2. The second-order valence-corrected chi connectivity index (χ2v) is 6.13. The van der Waals surface area contributed by atoms with Crippen molar-refractivity contribution in [3.8, 4) is 6.07 Å². The molecule has 0 radical (unpaired) electrons. The van der Waals surface area contributed by atoms with Gasteiger partial charge in [-0.05, 0) is 43.0 Å². The minimum Gasteiger partial charge on any atom is -0.466 e. The van der Waals surface area contributed by atoms with E-state index in [2.05, 4.69) is 6.07 Å². The molecule has 1 aromatic rings. The average molecular weight is 373 g/mol. The fraction of sp³-hybridized carbons (Fsp3) is 0.529. The molecule has 0 unspecified atom stereocenters. The molecular weight excluding hydrogens is 351 g/mol. The van der Waals surface area contributed by atoms with E-state index in [0.717, 1.165) is 11.1 Å². The van der Waals surface area contributed by atoms with E-state index >= 15 is 0 Å². The summed E-state index contributed by atoms with van der Waals surface area (Å²) in [4.78, 5) is 11.6. The fourth-order valence-electron chi connectivity index (χ4n) is 2.80. The first-order valence-corrected chi connectivity index (χ1v) is 8.09. The zero-order valence-electron chi connectivity index (χ0n) is 13.6. The molecule has 0 saturated carbocycles. The summed E-state index contributed by atoms with van der Waals surface area (Å²) >= 11 is 6.22. The van der Waals surface area contributed by atoms with Crippen LogP contribution in [0.15, 0.2) is 18.2 Å². The summed E-state index contributed by atoms with van der Waals surface area (Å²) in [6.45, 7) is 3.17. The first-order valence-electron chi connectivity index (χ1n) is 7.72. The van der Waals surface area contributed by atoms with Crippen LogP contribution < -0.4 is 5.73 Å². The van der Waals surface area contributed by atoms with Crippen molar-refractivity contribution in [1.29, 1.82) is 5.26 Å². The van der Waals surface area contributed by atoms with Crippen LogP contribution in [0.3, 0.4) is 0 Å². The Balaban J connectivity index is 0.00000288. The molecule has 2 N–H and O–H groups in total. The molecule has 1 aliphatic heterocycles. The summed E-state index contributed by atoms with van der Waals surface area (Å²) < 4.78 is 10.3. The van der Waals surface area contributed by atoms with Gasteiger partial charge in [-0.15, -0.1) is 12.4 Å². The highest BCUT2D eigenvalue weighted by Crippen LogP contribution is 2.37. The number of nitrogens with zero attached hydrogens (tertiary/aromatic N) is 1. The third-order valence-corrected chi connectivity index (χ3v) is 4.37. The molecule has 0 aliphatic carbocycles. The highest BCUT2D eigenvalue weighted by Gasteiger charge is 2.35. The summed E-state index contributed by atoms with van der Waals surface area (Å²) in [5.41, 5.74) is 7.08. The van der Waals surface area contributed by atoms with Crippen molar-refractivity contribution in [3.63, 3.8) is 0 Å². The van der Waals surface area contributed by atoms with Crippen molar-refractivity contribution in [2.24, 2.45) is 5.73 Å². The number of nitriles is 1. The maximum atomic E-state index is 11.6. The van der Waals surface area contributed by atoms with Crippen LogP contribution in [0, 0.1) is 11.3 Å². The maximum Gasteiger partial charge on any atom is 0.307 e. The zero-order chi connectivity index (χ0) is 16.9. The van der Waals surface area contributed by atoms with Gasteiger partial charge in [-0.2, -0.15) is 5.26 Å². The van der Waals surface area contributed by atoms with Crippen molar-refractivity contribution in [1.82, 2.24) is 0 Å². The van der Waals surface area contributed by atoms with Crippen molar-refractivity contribution >= 4 is 30.0 Å². The number of halogens is 2. The van der Waals surface area contributed by atoms with E-state index in [1.54, 1.807) is 19.1 Å². The number of rotatable bonds is 5. The van der Waals surface area contributed by atoms with Crippen molar-refractivity contribution in [3.05, 3.63) is 34.3 Å². The summed E-state index contributed by atoms with van der Waals surface area (Å²) in [5, 5.41) is 10.2. The Bertz CT molecular complexity index is 610. The van der Waals surface area contributed by atoms with E-state index in [9.17, 15) is 10.1 Å². The highest BCUT2D eigenvalue weighted by atomic mass is 35.5. The Morgan fingerprint density at radius 1 is 1.46 bits per heavy atom. The lowest BCUT2D eigenvalue weighted by atomic mass is 9.75. The number of hydrogen-bond donors (Lipinski definition) is 1. The molecule has 0 amide bonds. The lowest BCUT2D eigenvalue weighted by Crippen LogP contribution is -2.32. The van der Waals surface area contributed by atoms with Gasteiger partial charge in [-0.1, -0.05) is 17.7 Å². The largest absolute Gasteiger partial charge is 0.466 e. The van der Waals surface area contributed by atoms with E-state index in [0.29, 0.717) is 37.7 Å². The Labute approximate surface area is 153 Å². The van der Waals surface area contributed by atoms with Crippen LogP contribution in [0.2, 0.25) is 5.02 Å². The third kappa shape index (κ3) is 4.84. The summed E-state index contributed by atoms with van der Waals surface area (Å²) in [6, 6.07) is 7.32. The van der Waals surface area contributed by atoms with Crippen molar-refractivity contribution in [2.45, 2.75) is 37.6 Å². The quantitative estimate of drug-likeness (QED) is 0.801. The Morgan fingerprint density at radius 3 is 2.71 bits per heavy atom. The van der Waals surface area contributed by atoms with Crippen LogP contribution in [0.5, 0.6) is 0 Å². The van der Waals surface area contributed by atoms with Crippen LogP contribution in [-0.2, 0) is 19.7 Å². The normalized spacial score (nSPS) is 17.2. The molecule has 0 bridgehead atoms. The number of benzene rings is 1. The molecule has 1 heterocycles. The summed E-state index contributed by atoms with van der Waals surface area (Å²) in [6.07, 6.45) is 1.32. The van der Waals surface area contributed by atoms with Gasteiger partial charge in [0.15, 0.2) is 0 Å². The Kier molecular flexibility index (Phi) is 7.98. The van der Waals surface area contributed by atoms with Crippen LogP contribution in [0.4, 0.5) is 0 Å². The molecule has 0 aromatic heterocycles. The number of hydrogen-bond acceptors (Lipinski definition) is 5. The maximum absolute atomic E-state index is 11.6. The van der Waals surface area contributed by atoms with Crippen LogP contribution in [0.25, 0.3) is 0 Å². The predicted molar refractivity (Wildman–Crippen MR) is 94.2 cm³/mol.